The molecule has 2 aromatic rings. The van der Waals surface area contributed by atoms with Gasteiger partial charge in [0.25, 0.3) is 5.91 Å². The number of esters is 1. The molecule has 4 rings (SSSR count). The van der Waals surface area contributed by atoms with Gasteiger partial charge >= 0.3 is 5.97 Å². The van der Waals surface area contributed by atoms with E-state index >= 15 is 0 Å². The molecule has 0 saturated carbocycles. The fourth-order valence-electron chi connectivity index (χ4n) is 5.06. The van der Waals surface area contributed by atoms with Gasteiger partial charge in [0.1, 0.15) is 0 Å². The normalized spacial score (nSPS) is 18.6. The first-order valence-corrected chi connectivity index (χ1v) is 12.5. The molecular formula is C29H34N2O4. The molecule has 0 bridgehead atoms. The van der Waals surface area contributed by atoms with Crippen LogP contribution in [0.2, 0.25) is 0 Å². The Morgan fingerprint density at radius 3 is 2.37 bits per heavy atom. The average Bonchev–Trinajstić information content (AvgIpc) is 2.86. The van der Waals surface area contributed by atoms with Crippen molar-refractivity contribution in [3.05, 3.63) is 82.1 Å². The number of hydrogen-bond acceptors (Lipinski definition) is 4. The summed E-state index contributed by atoms with van der Waals surface area (Å²) in [5.41, 5.74) is 4.76. The third-order valence-corrected chi connectivity index (χ3v) is 6.95. The van der Waals surface area contributed by atoms with Crippen molar-refractivity contribution < 1.29 is 19.1 Å². The van der Waals surface area contributed by atoms with Gasteiger partial charge in [-0.2, -0.15) is 0 Å². The van der Waals surface area contributed by atoms with Crippen LogP contribution in [0.3, 0.4) is 0 Å². The van der Waals surface area contributed by atoms with E-state index in [4.69, 9.17) is 4.74 Å². The predicted molar refractivity (Wildman–Crippen MR) is 135 cm³/mol. The van der Waals surface area contributed by atoms with Gasteiger partial charge in [0.05, 0.1) is 18.7 Å². The molecule has 2 aromatic carbocycles. The van der Waals surface area contributed by atoms with Crippen molar-refractivity contribution in [3.63, 3.8) is 0 Å². The van der Waals surface area contributed by atoms with E-state index in [-0.39, 0.29) is 36.7 Å². The van der Waals surface area contributed by atoms with Gasteiger partial charge in [-0.3, -0.25) is 9.59 Å². The number of amides is 2. The highest BCUT2D eigenvalue weighted by molar-refractivity contribution is 5.96. The molecule has 6 nitrogen and oxygen atoms in total. The second-order valence-electron chi connectivity index (χ2n) is 9.42. The smallest absolute Gasteiger partial charge is 0.336 e. The van der Waals surface area contributed by atoms with Gasteiger partial charge in [0.2, 0.25) is 5.91 Å². The van der Waals surface area contributed by atoms with Crippen molar-refractivity contribution in [3.8, 4) is 0 Å². The molecule has 1 saturated heterocycles. The molecule has 1 unspecified atom stereocenters. The molecule has 2 aliphatic rings. The second kappa shape index (κ2) is 10.9. The van der Waals surface area contributed by atoms with Gasteiger partial charge < -0.3 is 14.5 Å². The van der Waals surface area contributed by atoms with Crippen LogP contribution in [0.25, 0.3) is 0 Å². The Kier molecular flexibility index (Phi) is 7.69. The lowest BCUT2D eigenvalue weighted by Gasteiger charge is -2.34. The summed E-state index contributed by atoms with van der Waals surface area (Å²) < 4.78 is 5.39. The van der Waals surface area contributed by atoms with Gasteiger partial charge in [-0.1, -0.05) is 42.0 Å². The molecule has 1 atom stereocenters. The maximum atomic E-state index is 13.3. The summed E-state index contributed by atoms with van der Waals surface area (Å²) >= 11 is 0. The summed E-state index contributed by atoms with van der Waals surface area (Å²) in [4.78, 5) is 42.6. The largest absolute Gasteiger partial charge is 0.463 e. The number of carbonyl (C=O) groups is 3. The Bertz CT molecular complexity index is 1130. The minimum Gasteiger partial charge on any atom is -0.463 e. The van der Waals surface area contributed by atoms with E-state index in [1.807, 2.05) is 67.3 Å². The van der Waals surface area contributed by atoms with Crippen LogP contribution in [-0.2, 0) is 20.9 Å². The molecule has 2 amide bonds. The number of allylic oxidation sites excluding steroid dienone is 1. The third-order valence-electron chi connectivity index (χ3n) is 6.95. The number of aryl methyl sites for hydroxylation is 1. The standard InChI is InChI=1S/C29H34N2O4/c1-4-35-29(34)27-21(3)31(26(32)18-25(27)24-10-8-9-20(2)17-24)19-22-11-13-23(14-12-22)28(33)30-15-6-5-7-16-30/h8-14,17,25H,4-7,15-16,18-19H2,1-3H3. The maximum absolute atomic E-state index is 13.3. The van der Waals surface area contributed by atoms with Crippen LogP contribution >= 0.6 is 0 Å². The Labute approximate surface area is 207 Å². The van der Waals surface area contributed by atoms with Crippen LogP contribution in [0.1, 0.15) is 72.5 Å². The third kappa shape index (κ3) is 5.47. The molecule has 2 heterocycles. The lowest BCUT2D eigenvalue weighted by atomic mass is 9.83. The van der Waals surface area contributed by atoms with Crippen LogP contribution in [0.15, 0.2) is 59.8 Å². The quantitative estimate of drug-likeness (QED) is 0.554. The van der Waals surface area contributed by atoms with Crippen molar-refractivity contribution in [1.29, 1.82) is 0 Å². The highest BCUT2D eigenvalue weighted by Gasteiger charge is 2.37. The summed E-state index contributed by atoms with van der Waals surface area (Å²) in [6.07, 6.45) is 3.50. The molecule has 2 aliphatic heterocycles. The molecule has 184 valence electrons. The molecular weight excluding hydrogens is 440 g/mol. The first-order valence-electron chi connectivity index (χ1n) is 12.5. The lowest BCUT2D eigenvalue weighted by molar-refractivity contribution is -0.140. The number of benzene rings is 2. The monoisotopic (exact) mass is 474 g/mol. The van der Waals surface area contributed by atoms with Crippen molar-refractivity contribution in [2.45, 2.75) is 58.9 Å². The second-order valence-corrected chi connectivity index (χ2v) is 9.42. The Morgan fingerprint density at radius 2 is 1.71 bits per heavy atom. The number of ether oxygens (including phenoxy) is 1. The molecule has 0 radical (unpaired) electrons. The van der Waals surface area contributed by atoms with E-state index in [2.05, 4.69) is 0 Å². The maximum Gasteiger partial charge on any atom is 0.336 e. The summed E-state index contributed by atoms with van der Waals surface area (Å²) in [7, 11) is 0. The van der Waals surface area contributed by atoms with Gasteiger partial charge in [0, 0.05) is 36.7 Å². The number of rotatable bonds is 6. The van der Waals surface area contributed by atoms with Gasteiger partial charge in [0.15, 0.2) is 0 Å². The summed E-state index contributed by atoms with van der Waals surface area (Å²) in [5, 5.41) is 0. The van der Waals surface area contributed by atoms with E-state index in [0.29, 0.717) is 23.4 Å². The highest BCUT2D eigenvalue weighted by Crippen LogP contribution is 2.38. The average molecular weight is 475 g/mol. The number of hydrogen-bond donors (Lipinski definition) is 0. The molecule has 1 fully saturated rings. The van der Waals surface area contributed by atoms with E-state index < -0.39 is 0 Å². The zero-order valence-electron chi connectivity index (χ0n) is 20.9. The van der Waals surface area contributed by atoms with Crippen LogP contribution in [-0.4, -0.2) is 47.3 Å². The lowest BCUT2D eigenvalue weighted by Crippen LogP contribution is -2.38. The SMILES string of the molecule is CCOC(=O)C1=C(C)N(Cc2ccc(C(=O)N3CCCCC3)cc2)C(=O)CC1c1cccc(C)c1. The van der Waals surface area contributed by atoms with Gasteiger partial charge in [-0.05, 0) is 63.3 Å². The Balaban J connectivity index is 1.58. The molecule has 35 heavy (non-hydrogen) atoms. The molecule has 6 heteroatoms. The number of likely N-dealkylation sites (tertiary alicyclic amines) is 1. The topological polar surface area (TPSA) is 66.9 Å². The number of nitrogens with zero attached hydrogens (tertiary/aromatic N) is 2. The van der Waals surface area contributed by atoms with E-state index in [0.717, 1.165) is 42.6 Å². The first kappa shape index (κ1) is 24.7. The minimum atomic E-state index is -0.378. The van der Waals surface area contributed by atoms with Crippen molar-refractivity contribution in [2.75, 3.05) is 19.7 Å². The molecule has 0 aromatic heterocycles. The highest BCUT2D eigenvalue weighted by atomic mass is 16.5. The van der Waals surface area contributed by atoms with E-state index in [1.165, 1.54) is 6.42 Å². The van der Waals surface area contributed by atoms with Crippen LogP contribution in [0.4, 0.5) is 0 Å². The zero-order chi connectivity index (χ0) is 24.9. The van der Waals surface area contributed by atoms with Gasteiger partial charge in [-0.25, -0.2) is 4.79 Å². The minimum absolute atomic E-state index is 0.0319. The summed E-state index contributed by atoms with van der Waals surface area (Å²) in [6, 6.07) is 15.4. The van der Waals surface area contributed by atoms with E-state index in [1.54, 1.807) is 11.8 Å². The molecule has 0 aliphatic carbocycles. The number of carbonyl (C=O) groups excluding carboxylic acids is 3. The van der Waals surface area contributed by atoms with Crippen LogP contribution in [0.5, 0.6) is 0 Å². The predicted octanol–water partition coefficient (Wildman–Crippen LogP) is 4.97. The zero-order valence-corrected chi connectivity index (χ0v) is 20.9. The Hall–Kier alpha value is -3.41. The fourth-order valence-corrected chi connectivity index (χ4v) is 5.06. The van der Waals surface area contributed by atoms with Crippen LogP contribution < -0.4 is 0 Å². The fraction of sp³-hybridized carbons (Fsp3) is 0.414. The summed E-state index contributed by atoms with van der Waals surface area (Å²) in [6.45, 7) is 7.84. The van der Waals surface area contributed by atoms with Gasteiger partial charge in [-0.15, -0.1) is 0 Å². The van der Waals surface area contributed by atoms with Crippen LogP contribution in [0, 0.1) is 6.92 Å². The first-order chi connectivity index (χ1) is 16.9. The van der Waals surface area contributed by atoms with Crippen molar-refractivity contribution in [1.82, 2.24) is 9.80 Å². The molecule has 0 N–H and O–H groups in total. The van der Waals surface area contributed by atoms with Crippen molar-refractivity contribution in [2.24, 2.45) is 0 Å². The molecule has 0 spiro atoms. The number of piperidine rings is 1. The Morgan fingerprint density at radius 1 is 1.00 bits per heavy atom. The van der Waals surface area contributed by atoms with E-state index in [9.17, 15) is 14.4 Å². The van der Waals surface area contributed by atoms with Crippen molar-refractivity contribution >= 4 is 17.8 Å². The summed E-state index contributed by atoms with van der Waals surface area (Å²) in [5.74, 6) is -0.679.